The molecule has 0 aromatic rings. The molecule has 0 saturated carbocycles. The van der Waals surface area contributed by atoms with Gasteiger partial charge in [-0.3, -0.25) is 0 Å². The molecule has 0 aromatic heterocycles. The van der Waals surface area contributed by atoms with Crippen LogP contribution in [0.4, 0.5) is 14.4 Å². The first-order chi connectivity index (χ1) is 5.93. The van der Waals surface area contributed by atoms with Crippen LogP contribution in [0.25, 0.3) is 0 Å². The molecule has 1 fully saturated rings. The Kier molecular flexibility index (Phi) is 3.97. The van der Waals surface area contributed by atoms with Crippen LogP contribution in [0.1, 0.15) is 0 Å². The summed E-state index contributed by atoms with van der Waals surface area (Å²) in [7, 11) is -4.41. The molecule has 0 N–H and O–H groups in total. The van der Waals surface area contributed by atoms with Crippen molar-refractivity contribution in [1.82, 2.24) is 0 Å². The fraction of sp³-hybridized carbons (Fsp3) is 0. The molecule has 1 heterocycles. The van der Waals surface area contributed by atoms with E-state index in [2.05, 4.69) is 17.7 Å². The van der Waals surface area contributed by atoms with Crippen molar-refractivity contribution in [3.63, 3.8) is 0 Å². The first-order valence-corrected chi connectivity index (χ1v) is 4.29. The average Bonchev–Trinajstić information content (AvgIpc) is 1.79. The molecule has 11 heteroatoms. The van der Waals surface area contributed by atoms with E-state index in [1.165, 1.54) is 0 Å². The summed E-state index contributed by atoms with van der Waals surface area (Å²) in [6.45, 7) is 0. The quantitative estimate of drug-likeness (QED) is 0.454. The van der Waals surface area contributed by atoms with Crippen molar-refractivity contribution < 1.29 is 42.3 Å². The molecular weight excluding hydrogens is 232 g/mol. The third kappa shape index (κ3) is 2.93. The Labute approximate surface area is 93.1 Å². The van der Waals surface area contributed by atoms with Crippen molar-refractivity contribution in [2.24, 2.45) is 0 Å². The zero-order valence-electron chi connectivity index (χ0n) is 6.38. The van der Waals surface area contributed by atoms with Crippen molar-refractivity contribution >= 4 is 50.6 Å². The van der Waals surface area contributed by atoms with E-state index in [1.54, 1.807) is 0 Å². The van der Waals surface area contributed by atoms with Gasteiger partial charge in [0.15, 0.2) is 0 Å². The predicted molar refractivity (Wildman–Crippen MR) is 32.0 cm³/mol. The predicted octanol–water partition coefficient (Wildman–Crippen LogP) is -3.07. The van der Waals surface area contributed by atoms with Crippen molar-refractivity contribution in [2.45, 2.75) is 0 Å². The zero-order chi connectivity index (χ0) is 10.1. The average molecular weight is 232 g/mol. The van der Waals surface area contributed by atoms with Gasteiger partial charge in [0.25, 0.3) is 0 Å². The van der Waals surface area contributed by atoms with Gasteiger partial charge in [-0.1, -0.05) is 0 Å². The Morgan fingerprint density at radius 3 is 1.71 bits per heavy atom. The van der Waals surface area contributed by atoms with Gasteiger partial charge in [-0.25, -0.2) is 4.79 Å². The Hall–Kier alpha value is -1.21. The second kappa shape index (κ2) is 4.34. The Morgan fingerprint density at radius 1 is 1.14 bits per heavy atom. The summed E-state index contributed by atoms with van der Waals surface area (Å²) >= 11 is 0. The minimum Gasteiger partial charge on any atom is -0.503 e. The minimum atomic E-state index is -4.41. The minimum absolute atomic E-state index is 0. The number of rotatable bonds is 2. The van der Waals surface area contributed by atoms with Gasteiger partial charge in [-0.15, -0.1) is 0 Å². The largest absolute Gasteiger partial charge is 2.00 e. The van der Waals surface area contributed by atoms with Gasteiger partial charge < -0.3 is 37.5 Å². The van der Waals surface area contributed by atoms with Gasteiger partial charge in [-0.2, -0.15) is 0 Å². The Balaban J connectivity index is 0.00000169. The molecule has 72 valence electrons. The van der Waals surface area contributed by atoms with E-state index in [0.717, 1.165) is 0 Å². The number of carbonyl (C=O) groups excluding carboxylic acids is 3. The normalized spacial score (nSPS) is 16.1. The number of hydrogen-bond donors (Lipinski definition) is 0. The van der Waals surface area contributed by atoms with Crippen LogP contribution in [-0.4, -0.2) is 50.6 Å². The topological polar surface area (TPSA) is 134 Å². The van der Waals surface area contributed by atoms with E-state index in [1.807, 2.05) is 0 Å². The molecule has 14 heavy (non-hydrogen) atoms. The van der Waals surface area contributed by atoms with Crippen LogP contribution in [0.2, 0.25) is 0 Å². The summed E-state index contributed by atoms with van der Waals surface area (Å²) in [6.07, 6.45) is -5.57. The fourth-order valence-electron chi connectivity index (χ4n) is 0.520. The van der Waals surface area contributed by atoms with Crippen LogP contribution >= 0.6 is 0 Å². The second-order valence-corrected chi connectivity index (χ2v) is 3.47. The van der Waals surface area contributed by atoms with Gasteiger partial charge >= 0.3 is 38.3 Å². The smallest absolute Gasteiger partial charge is 0.503 e. The molecule has 0 unspecified atom stereocenters. The van der Waals surface area contributed by atoms with Gasteiger partial charge in [-0.05, 0) is 0 Å². The van der Waals surface area contributed by atoms with E-state index in [9.17, 15) is 24.6 Å². The molecule has 1 aliphatic rings. The Morgan fingerprint density at radius 2 is 1.50 bits per heavy atom. The Bertz CT molecular complexity index is 249. The van der Waals surface area contributed by atoms with Gasteiger partial charge in [0.1, 0.15) is 0 Å². The van der Waals surface area contributed by atoms with Gasteiger partial charge in [0, 0.05) is 0 Å². The third-order valence-corrected chi connectivity index (χ3v) is 2.50. The van der Waals surface area contributed by atoms with Crippen molar-refractivity contribution in [3.05, 3.63) is 0 Å². The molecule has 0 aliphatic carbocycles. The molecule has 0 radical (unpaired) electrons. The fourth-order valence-corrected chi connectivity index (χ4v) is 1.56. The maximum atomic E-state index is 10.1. The molecule has 1 aliphatic heterocycles. The first-order valence-electron chi connectivity index (χ1n) is 2.65. The standard InChI is InChI=1S/C3H2O9Si.Mg/c4-1(5)9-13(10-2(6)7)11-3(8)12-13;/h(H,4,5)(H,6,7);/q;+2/p-2. The second-order valence-electron chi connectivity index (χ2n) is 1.66. The van der Waals surface area contributed by atoms with Crippen LogP contribution < -0.4 is 10.2 Å². The number of carboxylic acid groups (broad SMARTS) is 2. The van der Waals surface area contributed by atoms with E-state index >= 15 is 0 Å². The number of carbonyl (C=O) groups is 3. The molecule has 1 saturated heterocycles. The van der Waals surface area contributed by atoms with Crippen LogP contribution in [0.5, 0.6) is 0 Å². The molecule has 0 amide bonds. The van der Waals surface area contributed by atoms with Crippen LogP contribution in [0, 0.1) is 0 Å². The van der Waals surface area contributed by atoms with Crippen LogP contribution in [-0.2, 0) is 17.7 Å². The summed E-state index contributed by atoms with van der Waals surface area (Å²) < 4.78 is 15.3. The molecule has 0 aromatic carbocycles. The van der Waals surface area contributed by atoms with Crippen molar-refractivity contribution in [1.29, 1.82) is 0 Å². The van der Waals surface area contributed by atoms with Crippen molar-refractivity contribution in [2.75, 3.05) is 0 Å². The summed E-state index contributed by atoms with van der Waals surface area (Å²) in [5, 5.41) is 19.7. The molecular formula is C3MgO9Si. The maximum Gasteiger partial charge on any atom is 2.00 e. The molecule has 0 atom stereocenters. The SMILES string of the molecule is O=C([O-])O[Si]1(OC(=O)[O-])OC(=O)O1.[Mg+2]. The summed E-state index contributed by atoms with van der Waals surface area (Å²) in [5.41, 5.74) is 0. The summed E-state index contributed by atoms with van der Waals surface area (Å²) in [4.78, 5) is 29.7. The summed E-state index contributed by atoms with van der Waals surface area (Å²) in [6, 6.07) is 0. The molecule has 0 bridgehead atoms. The van der Waals surface area contributed by atoms with E-state index in [0.29, 0.717) is 0 Å². The third-order valence-electron chi connectivity index (χ3n) is 0.833. The van der Waals surface area contributed by atoms with Gasteiger partial charge in [0.2, 0.25) is 12.3 Å². The monoisotopic (exact) mass is 232 g/mol. The number of hydrogen-bond acceptors (Lipinski definition) is 9. The molecule has 1 rings (SSSR count). The van der Waals surface area contributed by atoms with Crippen molar-refractivity contribution in [3.8, 4) is 0 Å². The maximum absolute atomic E-state index is 10.1. The van der Waals surface area contributed by atoms with E-state index in [-0.39, 0.29) is 23.1 Å². The van der Waals surface area contributed by atoms with Gasteiger partial charge in [0.05, 0.1) is 0 Å². The van der Waals surface area contributed by atoms with Crippen LogP contribution in [0.3, 0.4) is 0 Å². The molecule has 0 spiro atoms. The van der Waals surface area contributed by atoms with E-state index < -0.39 is 27.5 Å². The first kappa shape index (κ1) is 12.8. The molecule has 9 nitrogen and oxygen atoms in total. The van der Waals surface area contributed by atoms with E-state index in [4.69, 9.17) is 0 Å². The van der Waals surface area contributed by atoms with Crippen LogP contribution in [0.15, 0.2) is 0 Å². The zero-order valence-corrected chi connectivity index (χ0v) is 8.80. The summed E-state index contributed by atoms with van der Waals surface area (Å²) in [5.74, 6) is 0.